The van der Waals surface area contributed by atoms with Gasteiger partial charge in [0.2, 0.25) is 0 Å². The first-order valence-electron chi connectivity index (χ1n) is 8.57. The Kier molecular flexibility index (Phi) is 6.67. The van der Waals surface area contributed by atoms with E-state index in [0.29, 0.717) is 12.2 Å². The molecule has 0 radical (unpaired) electrons. The normalized spacial score (nSPS) is 10.3. The van der Waals surface area contributed by atoms with Gasteiger partial charge < -0.3 is 15.0 Å². The molecule has 2 aromatic rings. The second-order valence-corrected chi connectivity index (χ2v) is 5.55. The number of benzene rings is 2. The highest BCUT2D eigenvalue weighted by Crippen LogP contribution is 2.19. The van der Waals surface area contributed by atoms with Crippen molar-refractivity contribution < 1.29 is 9.53 Å². The van der Waals surface area contributed by atoms with Gasteiger partial charge in [-0.2, -0.15) is 0 Å². The molecule has 0 aliphatic rings. The topological polar surface area (TPSA) is 41.6 Å². The zero-order valence-corrected chi connectivity index (χ0v) is 14.7. The van der Waals surface area contributed by atoms with Gasteiger partial charge in [-0.1, -0.05) is 6.92 Å². The van der Waals surface area contributed by atoms with Crippen molar-refractivity contribution in [3.8, 4) is 5.75 Å². The molecule has 128 valence electrons. The second-order valence-electron chi connectivity index (χ2n) is 5.55. The minimum Gasteiger partial charge on any atom is -0.494 e. The van der Waals surface area contributed by atoms with Crippen LogP contribution in [-0.2, 0) is 0 Å². The summed E-state index contributed by atoms with van der Waals surface area (Å²) in [6.07, 6.45) is 0.964. The van der Waals surface area contributed by atoms with Crippen LogP contribution in [0.1, 0.15) is 37.6 Å². The van der Waals surface area contributed by atoms with Crippen LogP contribution in [0.5, 0.6) is 5.75 Å². The molecule has 0 aliphatic carbocycles. The molecule has 0 aromatic heterocycles. The number of ether oxygens (including phenoxy) is 1. The van der Waals surface area contributed by atoms with Gasteiger partial charge in [-0.25, -0.2) is 0 Å². The van der Waals surface area contributed by atoms with Crippen LogP contribution >= 0.6 is 0 Å². The summed E-state index contributed by atoms with van der Waals surface area (Å²) in [6.45, 7) is 8.95. The molecule has 24 heavy (non-hydrogen) atoms. The number of carbonyl (C=O) groups excluding carboxylic acids is 1. The van der Waals surface area contributed by atoms with Crippen molar-refractivity contribution in [2.45, 2.75) is 27.2 Å². The van der Waals surface area contributed by atoms with Crippen molar-refractivity contribution in [1.29, 1.82) is 0 Å². The predicted octanol–water partition coefficient (Wildman–Crippen LogP) is 4.57. The lowest BCUT2D eigenvalue weighted by atomic mass is 10.2. The number of hydrogen-bond donors (Lipinski definition) is 1. The van der Waals surface area contributed by atoms with Gasteiger partial charge in [-0.05, 0) is 68.8 Å². The van der Waals surface area contributed by atoms with Crippen LogP contribution in [0.2, 0.25) is 0 Å². The van der Waals surface area contributed by atoms with Crippen molar-refractivity contribution in [2.24, 2.45) is 0 Å². The smallest absolute Gasteiger partial charge is 0.255 e. The average molecular weight is 326 g/mol. The maximum atomic E-state index is 12.3. The number of rotatable bonds is 8. The number of hydrogen-bond acceptors (Lipinski definition) is 3. The van der Waals surface area contributed by atoms with Crippen LogP contribution in [0.4, 0.5) is 11.4 Å². The monoisotopic (exact) mass is 326 g/mol. The van der Waals surface area contributed by atoms with Gasteiger partial charge in [0, 0.05) is 30.0 Å². The van der Waals surface area contributed by atoms with Gasteiger partial charge in [0.15, 0.2) is 0 Å². The Bertz CT molecular complexity index is 632. The van der Waals surface area contributed by atoms with Crippen LogP contribution in [0, 0.1) is 0 Å². The standard InChI is InChI=1S/C20H26N2O2/c1-4-15-24-19-13-7-16(8-14-19)20(23)21-17-9-11-18(12-10-17)22(5-2)6-3/h7-14H,4-6,15H2,1-3H3,(H,21,23). The fraction of sp³-hybridized carbons (Fsp3) is 0.350. The Morgan fingerprint density at radius 2 is 1.58 bits per heavy atom. The lowest BCUT2D eigenvalue weighted by Gasteiger charge is -2.21. The Hall–Kier alpha value is -2.49. The Morgan fingerprint density at radius 3 is 2.12 bits per heavy atom. The van der Waals surface area contributed by atoms with Gasteiger partial charge >= 0.3 is 0 Å². The van der Waals surface area contributed by atoms with Gasteiger partial charge in [-0.15, -0.1) is 0 Å². The van der Waals surface area contributed by atoms with E-state index in [1.807, 2.05) is 36.4 Å². The SMILES string of the molecule is CCCOc1ccc(C(=O)Nc2ccc(N(CC)CC)cc2)cc1. The van der Waals surface area contributed by atoms with Gasteiger partial charge in [0.25, 0.3) is 5.91 Å². The summed E-state index contributed by atoms with van der Waals surface area (Å²) >= 11 is 0. The first-order valence-corrected chi connectivity index (χ1v) is 8.57. The first-order chi connectivity index (χ1) is 11.7. The molecule has 0 spiro atoms. The maximum absolute atomic E-state index is 12.3. The summed E-state index contributed by atoms with van der Waals surface area (Å²) in [5.41, 5.74) is 2.57. The molecule has 0 heterocycles. The van der Waals surface area contributed by atoms with E-state index in [2.05, 4.69) is 31.0 Å². The molecule has 0 aliphatic heterocycles. The molecule has 0 bridgehead atoms. The van der Waals surface area contributed by atoms with Crippen LogP contribution in [0.15, 0.2) is 48.5 Å². The summed E-state index contributed by atoms with van der Waals surface area (Å²) in [5, 5.41) is 2.92. The number of amides is 1. The molecule has 0 saturated heterocycles. The molecule has 0 atom stereocenters. The molecule has 4 heteroatoms. The Balaban J connectivity index is 1.98. The summed E-state index contributed by atoms with van der Waals surface area (Å²) < 4.78 is 5.53. The highest BCUT2D eigenvalue weighted by molar-refractivity contribution is 6.04. The molecule has 2 aromatic carbocycles. The van der Waals surface area contributed by atoms with E-state index >= 15 is 0 Å². The maximum Gasteiger partial charge on any atom is 0.255 e. The molecule has 0 fully saturated rings. The highest BCUT2D eigenvalue weighted by atomic mass is 16.5. The van der Waals surface area contributed by atoms with E-state index in [-0.39, 0.29) is 5.91 Å². The van der Waals surface area contributed by atoms with E-state index in [4.69, 9.17) is 4.74 Å². The van der Waals surface area contributed by atoms with Crippen molar-refractivity contribution in [1.82, 2.24) is 0 Å². The molecule has 0 saturated carbocycles. The molecule has 4 nitrogen and oxygen atoms in total. The largest absolute Gasteiger partial charge is 0.494 e. The summed E-state index contributed by atoms with van der Waals surface area (Å²) in [4.78, 5) is 14.6. The lowest BCUT2D eigenvalue weighted by Crippen LogP contribution is -2.21. The van der Waals surface area contributed by atoms with Crippen molar-refractivity contribution in [3.63, 3.8) is 0 Å². The Morgan fingerprint density at radius 1 is 0.958 bits per heavy atom. The summed E-state index contributed by atoms with van der Waals surface area (Å²) in [5.74, 6) is 0.671. The second kappa shape index (κ2) is 8.96. The lowest BCUT2D eigenvalue weighted by molar-refractivity contribution is 0.102. The van der Waals surface area contributed by atoms with E-state index in [1.165, 1.54) is 0 Å². The van der Waals surface area contributed by atoms with E-state index in [9.17, 15) is 4.79 Å². The van der Waals surface area contributed by atoms with Crippen LogP contribution in [0.25, 0.3) is 0 Å². The van der Waals surface area contributed by atoms with Gasteiger partial charge in [-0.3, -0.25) is 4.79 Å². The van der Waals surface area contributed by atoms with E-state index < -0.39 is 0 Å². The molecule has 1 N–H and O–H groups in total. The van der Waals surface area contributed by atoms with Crippen molar-refractivity contribution in [2.75, 3.05) is 29.9 Å². The fourth-order valence-electron chi connectivity index (χ4n) is 2.47. The first kappa shape index (κ1) is 17.9. The number of carbonyl (C=O) groups is 1. The van der Waals surface area contributed by atoms with Gasteiger partial charge in [0.05, 0.1) is 6.61 Å². The molecule has 0 unspecified atom stereocenters. The van der Waals surface area contributed by atoms with E-state index in [0.717, 1.165) is 36.6 Å². The van der Waals surface area contributed by atoms with Crippen molar-refractivity contribution in [3.05, 3.63) is 54.1 Å². The molecular weight excluding hydrogens is 300 g/mol. The van der Waals surface area contributed by atoms with Crippen LogP contribution in [-0.4, -0.2) is 25.6 Å². The van der Waals surface area contributed by atoms with Crippen LogP contribution < -0.4 is 15.0 Å². The quantitative estimate of drug-likeness (QED) is 0.772. The summed E-state index contributed by atoms with van der Waals surface area (Å²) in [7, 11) is 0. The number of nitrogens with zero attached hydrogens (tertiary/aromatic N) is 1. The predicted molar refractivity (Wildman–Crippen MR) is 100 cm³/mol. The van der Waals surface area contributed by atoms with Gasteiger partial charge in [0.1, 0.15) is 5.75 Å². The summed E-state index contributed by atoms with van der Waals surface area (Å²) in [6, 6.07) is 15.2. The highest BCUT2D eigenvalue weighted by Gasteiger charge is 2.07. The zero-order chi connectivity index (χ0) is 17.4. The minimum atomic E-state index is -0.118. The molecule has 1 amide bonds. The number of nitrogens with one attached hydrogen (secondary N) is 1. The minimum absolute atomic E-state index is 0.118. The Labute approximate surface area is 144 Å². The third kappa shape index (κ3) is 4.75. The fourth-order valence-corrected chi connectivity index (χ4v) is 2.47. The number of anilines is 2. The van der Waals surface area contributed by atoms with E-state index in [1.54, 1.807) is 12.1 Å². The molecular formula is C20H26N2O2. The average Bonchev–Trinajstić information content (AvgIpc) is 2.62. The zero-order valence-electron chi connectivity index (χ0n) is 14.7. The van der Waals surface area contributed by atoms with Crippen molar-refractivity contribution >= 4 is 17.3 Å². The third-order valence-corrected chi connectivity index (χ3v) is 3.84. The molecule has 2 rings (SSSR count). The third-order valence-electron chi connectivity index (χ3n) is 3.84. The van der Waals surface area contributed by atoms with Crippen LogP contribution in [0.3, 0.4) is 0 Å².